The monoisotopic (exact) mass is 386 g/mol. The van der Waals surface area contributed by atoms with Crippen LogP contribution in [-0.2, 0) is 17.6 Å². The normalized spacial score (nSPS) is 12.7. The van der Waals surface area contributed by atoms with Gasteiger partial charge in [0.25, 0.3) is 0 Å². The van der Waals surface area contributed by atoms with Gasteiger partial charge in [0.05, 0.1) is 18.5 Å². The zero-order chi connectivity index (χ0) is 18.4. The lowest BCUT2D eigenvalue weighted by atomic mass is 10.1. The Morgan fingerprint density at radius 3 is 2.30 bits per heavy atom. The topological polar surface area (TPSA) is 94.0 Å². The van der Waals surface area contributed by atoms with Crippen LogP contribution in [0.4, 0.5) is 0 Å². The first-order chi connectivity index (χ1) is 12.6. The fourth-order valence-corrected chi connectivity index (χ4v) is 2.63. The molecule has 0 aliphatic heterocycles. The van der Waals surface area contributed by atoms with E-state index in [0.717, 1.165) is 11.1 Å². The maximum atomic E-state index is 12.3. The quantitative estimate of drug-likeness (QED) is 0.651. The maximum Gasteiger partial charge on any atom is 0.237 e. The van der Waals surface area contributed by atoms with Gasteiger partial charge < -0.3 is 15.6 Å². The van der Waals surface area contributed by atoms with Gasteiger partial charge in [-0.25, -0.2) is 0 Å². The number of nitrogens with two attached hydrogens (primary N) is 1. The van der Waals surface area contributed by atoms with Crippen molar-refractivity contribution in [1.29, 1.82) is 0 Å². The fraction of sp³-hybridized carbons (Fsp3) is 0.250. The number of halogens is 1. The van der Waals surface area contributed by atoms with Crippen LogP contribution >= 0.6 is 12.4 Å². The molecule has 0 aliphatic rings. The van der Waals surface area contributed by atoms with Gasteiger partial charge in [0.1, 0.15) is 0 Å². The second kappa shape index (κ2) is 9.85. The second-order valence-corrected chi connectivity index (χ2v) is 6.24. The Hall–Kier alpha value is -2.70. The third-order valence-electron chi connectivity index (χ3n) is 4.06. The summed E-state index contributed by atoms with van der Waals surface area (Å²) in [6.45, 7) is 1.81. The Morgan fingerprint density at radius 1 is 1.07 bits per heavy atom. The number of nitrogens with one attached hydrogen (secondary N) is 1. The highest BCUT2D eigenvalue weighted by Crippen LogP contribution is 2.12. The molecule has 0 saturated heterocycles. The Kier molecular flexibility index (Phi) is 7.52. The molecule has 0 fully saturated rings. The number of rotatable bonds is 7. The van der Waals surface area contributed by atoms with Crippen LogP contribution in [0.2, 0.25) is 0 Å². The summed E-state index contributed by atoms with van der Waals surface area (Å²) in [5.74, 6) is 0.716. The van der Waals surface area contributed by atoms with Crippen molar-refractivity contribution in [2.45, 2.75) is 31.8 Å². The summed E-state index contributed by atoms with van der Waals surface area (Å²) >= 11 is 0. The van der Waals surface area contributed by atoms with Gasteiger partial charge in [-0.3, -0.25) is 4.79 Å². The molecular weight excluding hydrogens is 364 g/mol. The van der Waals surface area contributed by atoms with Crippen molar-refractivity contribution in [2.24, 2.45) is 5.73 Å². The number of hydrogen-bond acceptors (Lipinski definition) is 5. The van der Waals surface area contributed by atoms with Gasteiger partial charge in [0, 0.05) is 0 Å². The molecule has 27 heavy (non-hydrogen) atoms. The predicted molar refractivity (Wildman–Crippen MR) is 105 cm³/mol. The van der Waals surface area contributed by atoms with Crippen LogP contribution in [0.15, 0.2) is 65.2 Å². The molecule has 7 heteroatoms. The molecule has 0 saturated carbocycles. The van der Waals surface area contributed by atoms with E-state index < -0.39 is 6.04 Å². The number of hydrogen-bond donors (Lipinski definition) is 2. The van der Waals surface area contributed by atoms with Crippen LogP contribution in [0.1, 0.15) is 35.8 Å². The highest BCUT2D eigenvalue weighted by molar-refractivity contribution is 5.85. The molecule has 1 aromatic heterocycles. The molecule has 1 heterocycles. The van der Waals surface area contributed by atoms with Crippen molar-refractivity contribution in [3.63, 3.8) is 0 Å². The standard InChI is InChI=1S/C20H22N4O2.ClH/c1-14(22-20(25)17(21)12-15-8-4-2-5-9-15)19-23-18(26-24-19)13-16-10-6-3-7-11-16;/h2-11,14,17H,12-13,21H2,1H3,(H,22,25);1H. The highest BCUT2D eigenvalue weighted by atomic mass is 35.5. The number of nitrogens with zero attached hydrogens (tertiary/aromatic N) is 2. The second-order valence-electron chi connectivity index (χ2n) is 6.24. The lowest BCUT2D eigenvalue weighted by Gasteiger charge is -2.15. The number of aromatic nitrogens is 2. The van der Waals surface area contributed by atoms with Crippen LogP contribution in [-0.4, -0.2) is 22.1 Å². The molecule has 0 spiro atoms. The molecule has 2 aromatic carbocycles. The first kappa shape index (κ1) is 20.6. The third kappa shape index (κ3) is 5.91. The van der Waals surface area contributed by atoms with Crippen LogP contribution in [0.25, 0.3) is 0 Å². The van der Waals surface area contributed by atoms with Gasteiger partial charge in [-0.05, 0) is 24.5 Å². The largest absolute Gasteiger partial charge is 0.345 e. The lowest BCUT2D eigenvalue weighted by Crippen LogP contribution is -2.43. The van der Waals surface area contributed by atoms with Crippen molar-refractivity contribution in [1.82, 2.24) is 15.5 Å². The van der Waals surface area contributed by atoms with Crippen LogP contribution in [0, 0.1) is 0 Å². The van der Waals surface area contributed by atoms with Gasteiger partial charge >= 0.3 is 0 Å². The first-order valence-corrected chi connectivity index (χ1v) is 8.58. The smallest absolute Gasteiger partial charge is 0.237 e. The molecule has 0 bridgehead atoms. The Bertz CT molecular complexity index is 839. The molecule has 2 atom stereocenters. The van der Waals surface area contributed by atoms with Gasteiger partial charge in [-0.2, -0.15) is 4.98 Å². The fourth-order valence-electron chi connectivity index (χ4n) is 2.63. The summed E-state index contributed by atoms with van der Waals surface area (Å²) < 4.78 is 5.28. The van der Waals surface area contributed by atoms with Crippen molar-refractivity contribution in [3.05, 3.63) is 83.5 Å². The van der Waals surface area contributed by atoms with Gasteiger partial charge in [0.2, 0.25) is 11.8 Å². The third-order valence-corrected chi connectivity index (χ3v) is 4.06. The van der Waals surface area contributed by atoms with Crippen molar-refractivity contribution in [2.75, 3.05) is 0 Å². The first-order valence-electron chi connectivity index (χ1n) is 8.58. The molecule has 3 rings (SSSR count). The molecule has 2 unspecified atom stereocenters. The number of benzene rings is 2. The van der Waals surface area contributed by atoms with E-state index in [2.05, 4.69) is 15.5 Å². The van der Waals surface area contributed by atoms with E-state index in [1.165, 1.54) is 0 Å². The minimum Gasteiger partial charge on any atom is -0.345 e. The van der Waals surface area contributed by atoms with E-state index in [9.17, 15) is 4.79 Å². The predicted octanol–water partition coefficient (Wildman–Crippen LogP) is 2.83. The van der Waals surface area contributed by atoms with Gasteiger partial charge in [-0.1, -0.05) is 65.8 Å². The highest BCUT2D eigenvalue weighted by Gasteiger charge is 2.20. The van der Waals surface area contributed by atoms with Crippen molar-refractivity contribution < 1.29 is 9.32 Å². The average molecular weight is 387 g/mol. The van der Waals surface area contributed by atoms with E-state index >= 15 is 0 Å². The van der Waals surface area contributed by atoms with Crippen molar-refractivity contribution in [3.8, 4) is 0 Å². The zero-order valence-corrected chi connectivity index (χ0v) is 15.9. The average Bonchev–Trinajstić information content (AvgIpc) is 3.12. The number of amides is 1. The zero-order valence-electron chi connectivity index (χ0n) is 15.0. The van der Waals surface area contributed by atoms with E-state index in [-0.39, 0.29) is 24.4 Å². The Labute approximate surface area is 164 Å². The Morgan fingerprint density at radius 2 is 1.67 bits per heavy atom. The summed E-state index contributed by atoms with van der Waals surface area (Å²) in [4.78, 5) is 16.7. The van der Waals surface area contributed by atoms with E-state index in [1.54, 1.807) is 0 Å². The lowest BCUT2D eigenvalue weighted by molar-refractivity contribution is -0.123. The van der Waals surface area contributed by atoms with Gasteiger partial charge in [-0.15, -0.1) is 12.4 Å². The van der Waals surface area contributed by atoms with E-state index in [0.29, 0.717) is 24.6 Å². The Balaban J connectivity index is 0.00000261. The molecule has 1 amide bonds. The number of carbonyl (C=O) groups excluding carboxylic acids is 1. The molecule has 142 valence electrons. The summed E-state index contributed by atoms with van der Waals surface area (Å²) in [7, 11) is 0. The minimum atomic E-state index is -0.629. The summed E-state index contributed by atoms with van der Waals surface area (Å²) in [6.07, 6.45) is 1.03. The summed E-state index contributed by atoms with van der Waals surface area (Å²) in [5.41, 5.74) is 8.11. The molecule has 0 aliphatic carbocycles. The molecule has 3 aromatic rings. The van der Waals surface area contributed by atoms with E-state index in [4.69, 9.17) is 10.3 Å². The van der Waals surface area contributed by atoms with Crippen molar-refractivity contribution >= 4 is 18.3 Å². The molecule has 3 N–H and O–H groups in total. The molecule has 0 radical (unpaired) electrons. The van der Waals surface area contributed by atoms with E-state index in [1.807, 2.05) is 67.6 Å². The van der Waals surface area contributed by atoms with Crippen LogP contribution in [0.5, 0.6) is 0 Å². The maximum absolute atomic E-state index is 12.3. The molecular formula is C20H23ClN4O2. The SMILES string of the molecule is CC(NC(=O)C(N)Cc1ccccc1)c1noc(Cc2ccccc2)n1.Cl. The summed E-state index contributed by atoms with van der Waals surface area (Å²) in [6, 6.07) is 18.6. The summed E-state index contributed by atoms with van der Waals surface area (Å²) in [5, 5.41) is 6.81. The van der Waals surface area contributed by atoms with Crippen LogP contribution < -0.4 is 11.1 Å². The van der Waals surface area contributed by atoms with Gasteiger partial charge in [0.15, 0.2) is 5.82 Å². The molecule has 6 nitrogen and oxygen atoms in total. The van der Waals surface area contributed by atoms with Crippen LogP contribution in [0.3, 0.4) is 0 Å². The number of carbonyl (C=O) groups is 1. The minimum absolute atomic E-state index is 0.